The van der Waals surface area contributed by atoms with Crippen molar-refractivity contribution < 1.29 is 14.3 Å². The van der Waals surface area contributed by atoms with E-state index in [0.29, 0.717) is 17.5 Å². The monoisotopic (exact) mass is 251 g/mol. The number of carbonyl (C=O) groups excluding carboxylic acids is 1. The fourth-order valence-electron chi connectivity index (χ4n) is 2.51. The number of halogens is 1. The zero-order chi connectivity index (χ0) is 13.0. The first-order valence-corrected chi connectivity index (χ1v) is 6.38. The molecule has 0 aromatic heterocycles. The molecule has 0 amide bonds. The molecule has 18 heavy (non-hydrogen) atoms. The molecule has 1 atom stereocenters. The van der Waals surface area contributed by atoms with Crippen molar-refractivity contribution in [2.75, 3.05) is 18.1 Å². The number of carbonyl (C=O) groups is 1. The van der Waals surface area contributed by atoms with E-state index >= 15 is 0 Å². The Labute approximate surface area is 106 Å². The van der Waals surface area contributed by atoms with Gasteiger partial charge >= 0.3 is 0 Å². The van der Waals surface area contributed by atoms with E-state index in [4.69, 9.17) is 0 Å². The predicted molar refractivity (Wildman–Crippen MR) is 68.5 cm³/mol. The summed E-state index contributed by atoms with van der Waals surface area (Å²) in [7, 11) is 0. The van der Waals surface area contributed by atoms with E-state index in [-0.39, 0.29) is 18.5 Å². The van der Waals surface area contributed by atoms with Gasteiger partial charge in [-0.1, -0.05) is 12.8 Å². The van der Waals surface area contributed by atoms with Gasteiger partial charge in [-0.3, -0.25) is 4.79 Å². The molecule has 3 nitrogen and oxygen atoms in total. The summed E-state index contributed by atoms with van der Waals surface area (Å²) in [4.78, 5) is 12.5. The molecular formula is C14H18FNO2. The van der Waals surface area contributed by atoms with Gasteiger partial charge in [-0.2, -0.15) is 0 Å². The van der Waals surface area contributed by atoms with Crippen LogP contribution < -0.4 is 4.90 Å². The van der Waals surface area contributed by atoms with E-state index in [1.54, 1.807) is 12.1 Å². The topological polar surface area (TPSA) is 40.5 Å². The molecule has 1 N–H and O–H groups in total. The molecule has 2 rings (SSSR count). The number of nitrogens with zero attached hydrogens (tertiary/aromatic N) is 1. The second kappa shape index (κ2) is 5.96. The Bertz CT molecular complexity index is 422. The van der Waals surface area contributed by atoms with Crippen LogP contribution in [0.2, 0.25) is 0 Å². The van der Waals surface area contributed by atoms with Crippen LogP contribution in [0, 0.1) is 5.82 Å². The second-order valence-electron chi connectivity index (χ2n) is 4.71. The third-order valence-electron chi connectivity index (χ3n) is 3.51. The van der Waals surface area contributed by atoms with Crippen molar-refractivity contribution in [3.05, 3.63) is 29.6 Å². The normalized spacial score (nSPS) is 20.6. The molecule has 1 fully saturated rings. The van der Waals surface area contributed by atoms with E-state index in [2.05, 4.69) is 0 Å². The average molecular weight is 251 g/mol. The molecule has 1 aliphatic rings. The van der Waals surface area contributed by atoms with Gasteiger partial charge in [0.1, 0.15) is 12.1 Å². The molecule has 1 unspecified atom stereocenters. The van der Waals surface area contributed by atoms with Gasteiger partial charge in [0.25, 0.3) is 0 Å². The highest BCUT2D eigenvalue weighted by Crippen LogP contribution is 2.27. The standard InChI is InChI=1S/C14H18FNO2/c15-13-8-11(9-17)5-6-14(13)16-7-3-1-2-4-12(16)10-18/h5-6,8-9,12,18H,1-4,7,10H2. The van der Waals surface area contributed by atoms with Gasteiger partial charge < -0.3 is 10.0 Å². The fourth-order valence-corrected chi connectivity index (χ4v) is 2.51. The van der Waals surface area contributed by atoms with Crippen molar-refractivity contribution >= 4 is 12.0 Å². The molecule has 0 saturated carbocycles. The van der Waals surface area contributed by atoms with Crippen LogP contribution in [0.15, 0.2) is 18.2 Å². The predicted octanol–water partition coefficient (Wildman–Crippen LogP) is 2.38. The Morgan fingerprint density at radius 2 is 2.22 bits per heavy atom. The largest absolute Gasteiger partial charge is 0.394 e. The van der Waals surface area contributed by atoms with Gasteiger partial charge in [0.05, 0.1) is 18.3 Å². The number of aliphatic hydroxyl groups is 1. The van der Waals surface area contributed by atoms with E-state index in [1.165, 1.54) is 6.07 Å². The van der Waals surface area contributed by atoms with Gasteiger partial charge in [-0.15, -0.1) is 0 Å². The zero-order valence-corrected chi connectivity index (χ0v) is 10.3. The number of anilines is 1. The molecule has 4 heteroatoms. The van der Waals surface area contributed by atoms with Crippen molar-refractivity contribution in [2.24, 2.45) is 0 Å². The number of rotatable bonds is 3. The number of aliphatic hydroxyl groups excluding tert-OH is 1. The summed E-state index contributed by atoms with van der Waals surface area (Å²) in [5, 5.41) is 9.42. The Kier molecular flexibility index (Phi) is 4.31. The molecule has 0 radical (unpaired) electrons. The van der Waals surface area contributed by atoms with E-state index in [0.717, 1.165) is 32.2 Å². The Morgan fingerprint density at radius 1 is 1.39 bits per heavy atom. The average Bonchev–Trinajstić information content (AvgIpc) is 2.63. The summed E-state index contributed by atoms with van der Waals surface area (Å²) >= 11 is 0. The number of aldehydes is 1. The van der Waals surface area contributed by atoms with Crippen LogP contribution in [0.5, 0.6) is 0 Å². The molecule has 1 heterocycles. The minimum atomic E-state index is -0.389. The van der Waals surface area contributed by atoms with Crippen LogP contribution in [0.25, 0.3) is 0 Å². The highest BCUT2D eigenvalue weighted by atomic mass is 19.1. The molecule has 98 valence electrons. The first kappa shape index (κ1) is 13.0. The van der Waals surface area contributed by atoms with Crippen LogP contribution in [-0.4, -0.2) is 30.6 Å². The number of hydrogen-bond donors (Lipinski definition) is 1. The van der Waals surface area contributed by atoms with Gasteiger partial charge in [0, 0.05) is 12.1 Å². The lowest BCUT2D eigenvalue weighted by atomic mass is 10.1. The Hall–Kier alpha value is -1.42. The maximum atomic E-state index is 14.0. The van der Waals surface area contributed by atoms with Crippen LogP contribution in [0.4, 0.5) is 10.1 Å². The van der Waals surface area contributed by atoms with Crippen molar-refractivity contribution in [1.29, 1.82) is 0 Å². The summed E-state index contributed by atoms with van der Waals surface area (Å²) in [6, 6.07) is 4.48. The van der Waals surface area contributed by atoms with Gasteiger partial charge in [0.15, 0.2) is 0 Å². The van der Waals surface area contributed by atoms with Crippen molar-refractivity contribution in [1.82, 2.24) is 0 Å². The first-order valence-electron chi connectivity index (χ1n) is 6.38. The lowest BCUT2D eigenvalue weighted by molar-refractivity contribution is 0.112. The molecule has 0 bridgehead atoms. The van der Waals surface area contributed by atoms with E-state index in [9.17, 15) is 14.3 Å². The minimum Gasteiger partial charge on any atom is -0.394 e. The summed E-state index contributed by atoms with van der Waals surface area (Å²) in [6.07, 6.45) is 4.70. The summed E-state index contributed by atoms with van der Waals surface area (Å²) < 4.78 is 14.0. The molecule has 1 aliphatic heterocycles. The zero-order valence-electron chi connectivity index (χ0n) is 10.3. The van der Waals surface area contributed by atoms with Crippen molar-refractivity contribution in [2.45, 2.75) is 31.7 Å². The quantitative estimate of drug-likeness (QED) is 0.838. The third-order valence-corrected chi connectivity index (χ3v) is 3.51. The lowest BCUT2D eigenvalue weighted by Gasteiger charge is -2.31. The Morgan fingerprint density at radius 3 is 2.89 bits per heavy atom. The lowest BCUT2D eigenvalue weighted by Crippen LogP contribution is -2.38. The van der Waals surface area contributed by atoms with Crippen LogP contribution in [0.1, 0.15) is 36.0 Å². The van der Waals surface area contributed by atoms with Crippen LogP contribution >= 0.6 is 0 Å². The summed E-state index contributed by atoms with van der Waals surface area (Å²) in [5.74, 6) is -0.389. The van der Waals surface area contributed by atoms with Crippen molar-refractivity contribution in [3.63, 3.8) is 0 Å². The number of benzene rings is 1. The molecule has 1 aromatic carbocycles. The van der Waals surface area contributed by atoms with Gasteiger partial charge in [0.2, 0.25) is 0 Å². The smallest absolute Gasteiger partial charge is 0.150 e. The fraction of sp³-hybridized carbons (Fsp3) is 0.500. The molecule has 1 aromatic rings. The van der Waals surface area contributed by atoms with Crippen molar-refractivity contribution in [3.8, 4) is 0 Å². The van der Waals surface area contributed by atoms with E-state index in [1.807, 2.05) is 4.90 Å². The maximum absolute atomic E-state index is 14.0. The molecular weight excluding hydrogens is 233 g/mol. The molecule has 1 saturated heterocycles. The number of hydrogen-bond acceptors (Lipinski definition) is 3. The first-order chi connectivity index (χ1) is 8.76. The van der Waals surface area contributed by atoms with Gasteiger partial charge in [-0.05, 0) is 31.0 Å². The highest BCUT2D eigenvalue weighted by molar-refractivity contribution is 5.76. The highest BCUT2D eigenvalue weighted by Gasteiger charge is 2.22. The maximum Gasteiger partial charge on any atom is 0.150 e. The summed E-state index contributed by atoms with van der Waals surface area (Å²) in [5.41, 5.74) is 0.827. The van der Waals surface area contributed by atoms with Gasteiger partial charge in [-0.25, -0.2) is 4.39 Å². The third kappa shape index (κ3) is 2.70. The summed E-state index contributed by atoms with van der Waals surface area (Å²) in [6.45, 7) is 0.789. The molecule has 0 spiro atoms. The second-order valence-corrected chi connectivity index (χ2v) is 4.71. The van der Waals surface area contributed by atoms with E-state index < -0.39 is 0 Å². The Balaban J connectivity index is 2.29. The SMILES string of the molecule is O=Cc1ccc(N2CCCCCC2CO)c(F)c1. The minimum absolute atomic E-state index is 0.0240. The van der Waals surface area contributed by atoms with Crippen LogP contribution in [0.3, 0.4) is 0 Å². The van der Waals surface area contributed by atoms with Crippen LogP contribution in [-0.2, 0) is 0 Å². The molecule has 0 aliphatic carbocycles.